The number of hydrogen-bond donors (Lipinski definition) is 0. The van der Waals surface area contributed by atoms with Gasteiger partial charge in [-0.25, -0.2) is 0 Å². The summed E-state index contributed by atoms with van der Waals surface area (Å²) in [6, 6.07) is 10.1. The van der Waals surface area contributed by atoms with Crippen LogP contribution in [-0.4, -0.2) is 55.5 Å². The number of carbonyl (C=O) groups is 1. The first kappa shape index (κ1) is 18.0. The van der Waals surface area contributed by atoms with Gasteiger partial charge in [0.15, 0.2) is 0 Å². The van der Waals surface area contributed by atoms with E-state index < -0.39 is 0 Å². The summed E-state index contributed by atoms with van der Waals surface area (Å²) in [6.07, 6.45) is 2.44. The third-order valence-electron chi connectivity index (χ3n) is 3.67. The summed E-state index contributed by atoms with van der Waals surface area (Å²) in [6.45, 7) is 4.51. The van der Waals surface area contributed by atoms with Crippen molar-refractivity contribution in [2.45, 2.75) is 19.4 Å². The summed E-state index contributed by atoms with van der Waals surface area (Å²) in [4.78, 5) is 16.0. The van der Waals surface area contributed by atoms with Crippen LogP contribution in [0.25, 0.3) is 0 Å². The lowest BCUT2D eigenvalue weighted by atomic mass is 10.2. The van der Waals surface area contributed by atoms with Crippen molar-refractivity contribution in [2.24, 2.45) is 0 Å². The van der Waals surface area contributed by atoms with Crippen molar-refractivity contribution in [2.75, 3.05) is 39.8 Å². The number of benzene rings is 1. The summed E-state index contributed by atoms with van der Waals surface area (Å²) in [5.41, 5.74) is 1.17. The van der Waals surface area contributed by atoms with Crippen LogP contribution in [0.15, 0.2) is 30.3 Å². The molecule has 0 N–H and O–H groups in total. The van der Waals surface area contributed by atoms with Gasteiger partial charge in [0.2, 0.25) is 5.91 Å². The van der Waals surface area contributed by atoms with Crippen molar-refractivity contribution in [3.05, 3.63) is 35.9 Å². The maximum atomic E-state index is 12.0. The second kappa shape index (κ2) is 9.77. The van der Waals surface area contributed by atoms with E-state index in [2.05, 4.69) is 4.90 Å². The molecule has 0 radical (unpaired) electrons. The molecular formula is C16H25ClN2O2. The molecule has 1 fully saturated rings. The summed E-state index contributed by atoms with van der Waals surface area (Å²) in [5.74, 6) is 0.190. The average Bonchev–Trinajstić information content (AvgIpc) is 2.97. The maximum Gasteiger partial charge on any atom is 0.236 e. The summed E-state index contributed by atoms with van der Waals surface area (Å²) < 4.78 is 5.60. The van der Waals surface area contributed by atoms with Crippen molar-refractivity contribution in [1.82, 2.24) is 9.80 Å². The summed E-state index contributed by atoms with van der Waals surface area (Å²) in [7, 11) is 1.85. The van der Waals surface area contributed by atoms with Crippen molar-refractivity contribution in [3.8, 4) is 0 Å². The second-order valence-electron chi connectivity index (χ2n) is 5.34. The third kappa shape index (κ3) is 6.46. The highest BCUT2D eigenvalue weighted by molar-refractivity contribution is 5.85. The van der Waals surface area contributed by atoms with E-state index >= 15 is 0 Å². The Balaban J connectivity index is 0.00000220. The van der Waals surface area contributed by atoms with Crippen LogP contribution in [0.4, 0.5) is 0 Å². The highest BCUT2D eigenvalue weighted by Gasteiger charge is 2.17. The van der Waals surface area contributed by atoms with Crippen LogP contribution in [0, 0.1) is 0 Å². The van der Waals surface area contributed by atoms with E-state index in [1.54, 1.807) is 4.90 Å². The van der Waals surface area contributed by atoms with Gasteiger partial charge in [-0.2, -0.15) is 0 Å². The highest BCUT2D eigenvalue weighted by Crippen LogP contribution is 2.07. The molecular weight excluding hydrogens is 288 g/mol. The number of likely N-dealkylation sites (N-methyl/N-ethyl adjacent to an activating group) is 1. The number of amides is 1. The molecule has 1 aliphatic rings. The Morgan fingerprint density at radius 1 is 1.24 bits per heavy atom. The van der Waals surface area contributed by atoms with Gasteiger partial charge in [-0.05, 0) is 31.5 Å². The van der Waals surface area contributed by atoms with E-state index in [1.165, 1.54) is 18.4 Å². The van der Waals surface area contributed by atoms with Crippen LogP contribution in [0.3, 0.4) is 0 Å². The molecule has 0 aromatic heterocycles. The summed E-state index contributed by atoms with van der Waals surface area (Å²) in [5, 5.41) is 0. The number of nitrogens with zero attached hydrogens (tertiary/aromatic N) is 2. The van der Waals surface area contributed by atoms with Crippen LogP contribution in [0.2, 0.25) is 0 Å². The molecule has 0 spiro atoms. The minimum Gasteiger partial charge on any atom is -0.375 e. The Morgan fingerprint density at radius 2 is 1.90 bits per heavy atom. The molecule has 0 atom stereocenters. The zero-order chi connectivity index (χ0) is 14.2. The zero-order valence-corrected chi connectivity index (χ0v) is 13.5. The minimum absolute atomic E-state index is 0. The fourth-order valence-corrected chi connectivity index (χ4v) is 2.34. The van der Waals surface area contributed by atoms with Gasteiger partial charge in [0.25, 0.3) is 0 Å². The highest BCUT2D eigenvalue weighted by atomic mass is 35.5. The van der Waals surface area contributed by atoms with E-state index in [9.17, 15) is 4.79 Å². The van der Waals surface area contributed by atoms with Crippen LogP contribution >= 0.6 is 12.4 Å². The molecule has 0 unspecified atom stereocenters. The molecule has 1 aromatic rings. The van der Waals surface area contributed by atoms with Crippen LogP contribution in [-0.2, 0) is 16.1 Å². The van der Waals surface area contributed by atoms with Gasteiger partial charge >= 0.3 is 0 Å². The van der Waals surface area contributed by atoms with E-state index in [-0.39, 0.29) is 18.3 Å². The molecule has 118 valence electrons. The Kier molecular flexibility index (Phi) is 8.35. The fourth-order valence-electron chi connectivity index (χ4n) is 2.34. The maximum absolute atomic E-state index is 12.0. The van der Waals surface area contributed by atoms with Gasteiger partial charge in [-0.3, -0.25) is 9.69 Å². The Bertz CT molecular complexity index is 408. The Hall–Kier alpha value is -1.10. The molecule has 1 amide bonds. The van der Waals surface area contributed by atoms with E-state index in [0.29, 0.717) is 26.3 Å². The van der Waals surface area contributed by atoms with E-state index in [4.69, 9.17) is 4.74 Å². The molecule has 4 nitrogen and oxygen atoms in total. The van der Waals surface area contributed by atoms with Crippen LogP contribution in [0.5, 0.6) is 0 Å². The normalized spacial score (nSPS) is 14.7. The molecule has 1 aliphatic heterocycles. The zero-order valence-electron chi connectivity index (χ0n) is 12.7. The molecule has 5 heteroatoms. The monoisotopic (exact) mass is 312 g/mol. The molecule has 1 saturated heterocycles. The number of ether oxygens (including phenoxy) is 1. The molecule has 0 saturated carbocycles. The van der Waals surface area contributed by atoms with Crippen LogP contribution < -0.4 is 0 Å². The molecule has 0 aliphatic carbocycles. The Morgan fingerprint density at radius 3 is 2.57 bits per heavy atom. The molecule has 0 bridgehead atoms. The largest absolute Gasteiger partial charge is 0.375 e. The smallest absolute Gasteiger partial charge is 0.236 e. The SMILES string of the molecule is CN(CCOCc1ccccc1)C(=O)CN1CCCC1.Cl. The van der Waals surface area contributed by atoms with Gasteiger partial charge in [0.05, 0.1) is 19.8 Å². The topological polar surface area (TPSA) is 32.8 Å². The van der Waals surface area contributed by atoms with Crippen molar-refractivity contribution in [3.63, 3.8) is 0 Å². The van der Waals surface area contributed by atoms with E-state index in [0.717, 1.165) is 13.1 Å². The fraction of sp³-hybridized carbons (Fsp3) is 0.562. The van der Waals surface area contributed by atoms with E-state index in [1.807, 2.05) is 37.4 Å². The number of rotatable bonds is 7. The van der Waals surface area contributed by atoms with Crippen molar-refractivity contribution in [1.29, 1.82) is 0 Å². The van der Waals surface area contributed by atoms with Gasteiger partial charge in [-0.1, -0.05) is 30.3 Å². The first-order valence-electron chi connectivity index (χ1n) is 7.33. The summed E-state index contributed by atoms with van der Waals surface area (Å²) >= 11 is 0. The first-order chi connectivity index (χ1) is 9.75. The second-order valence-corrected chi connectivity index (χ2v) is 5.34. The standard InChI is InChI=1S/C16H24N2O2.ClH/c1-17(16(19)13-18-9-5-6-10-18)11-12-20-14-15-7-3-2-4-8-15;/h2-4,7-8H,5-6,9-14H2,1H3;1H. The lowest BCUT2D eigenvalue weighted by Gasteiger charge is -2.21. The third-order valence-corrected chi connectivity index (χ3v) is 3.67. The average molecular weight is 313 g/mol. The van der Waals surface area contributed by atoms with Crippen LogP contribution in [0.1, 0.15) is 18.4 Å². The van der Waals surface area contributed by atoms with Gasteiger partial charge < -0.3 is 9.64 Å². The van der Waals surface area contributed by atoms with Crippen molar-refractivity contribution >= 4 is 18.3 Å². The van der Waals surface area contributed by atoms with Crippen molar-refractivity contribution < 1.29 is 9.53 Å². The number of halogens is 1. The number of likely N-dealkylation sites (tertiary alicyclic amines) is 1. The van der Waals surface area contributed by atoms with Gasteiger partial charge in [0, 0.05) is 13.6 Å². The number of hydrogen-bond acceptors (Lipinski definition) is 3. The first-order valence-corrected chi connectivity index (χ1v) is 7.33. The van der Waals surface area contributed by atoms with Gasteiger partial charge in [-0.15, -0.1) is 12.4 Å². The van der Waals surface area contributed by atoms with Gasteiger partial charge in [0.1, 0.15) is 0 Å². The quantitative estimate of drug-likeness (QED) is 0.724. The lowest BCUT2D eigenvalue weighted by Crippen LogP contribution is -2.38. The molecule has 1 heterocycles. The predicted octanol–water partition coefficient (Wildman–Crippen LogP) is 2.18. The molecule has 2 rings (SSSR count). The predicted molar refractivity (Wildman–Crippen MR) is 86.7 cm³/mol. The lowest BCUT2D eigenvalue weighted by molar-refractivity contribution is -0.131. The molecule has 21 heavy (non-hydrogen) atoms. The number of carbonyl (C=O) groups excluding carboxylic acids is 1. The Labute approximate surface area is 133 Å². The minimum atomic E-state index is 0. The molecule has 1 aromatic carbocycles.